The first-order chi connectivity index (χ1) is 12.1. The molecule has 0 aliphatic rings. The van der Waals surface area contributed by atoms with Crippen LogP contribution in [0.5, 0.6) is 0 Å². The summed E-state index contributed by atoms with van der Waals surface area (Å²) < 4.78 is 14.7. The van der Waals surface area contributed by atoms with Gasteiger partial charge in [-0.1, -0.05) is 24.3 Å². The third kappa shape index (κ3) is 3.61. The second-order valence-corrected chi connectivity index (χ2v) is 5.23. The molecule has 0 fully saturated rings. The number of anilines is 1. The second-order valence-electron chi connectivity index (χ2n) is 5.23. The molecule has 3 aromatic rings. The molecule has 1 heterocycles. The van der Waals surface area contributed by atoms with E-state index >= 15 is 0 Å². The van der Waals surface area contributed by atoms with E-state index in [0.717, 1.165) is 10.7 Å². The summed E-state index contributed by atoms with van der Waals surface area (Å²) in [5.74, 6) is -1.18. The minimum Gasteiger partial charge on any atom is -0.392 e. The quantitative estimate of drug-likeness (QED) is 0.762. The summed E-state index contributed by atoms with van der Waals surface area (Å²) >= 11 is 0. The highest BCUT2D eigenvalue weighted by Gasteiger charge is 2.13. The molecular formula is C18H14FN3O3. The molecule has 0 radical (unpaired) electrons. The lowest BCUT2D eigenvalue weighted by Crippen LogP contribution is -2.25. The van der Waals surface area contributed by atoms with Crippen LogP contribution >= 0.6 is 0 Å². The van der Waals surface area contributed by atoms with Gasteiger partial charge in [0.1, 0.15) is 17.2 Å². The van der Waals surface area contributed by atoms with E-state index in [2.05, 4.69) is 10.4 Å². The highest BCUT2D eigenvalue weighted by Crippen LogP contribution is 2.13. The van der Waals surface area contributed by atoms with E-state index in [1.165, 1.54) is 24.3 Å². The Kier molecular flexibility index (Phi) is 4.67. The topological polar surface area (TPSA) is 84.2 Å². The van der Waals surface area contributed by atoms with Crippen molar-refractivity contribution in [2.75, 3.05) is 5.32 Å². The summed E-state index contributed by atoms with van der Waals surface area (Å²) in [6.07, 6.45) is 0. The van der Waals surface area contributed by atoms with Crippen LogP contribution < -0.4 is 10.9 Å². The largest absolute Gasteiger partial charge is 0.392 e. The minimum atomic E-state index is -0.620. The molecule has 2 N–H and O–H groups in total. The molecule has 3 rings (SSSR count). The zero-order valence-electron chi connectivity index (χ0n) is 13.0. The van der Waals surface area contributed by atoms with E-state index in [0.29, 0.717) is 11.3 Å². The third-order valence-corrected chi connectivity index (χ3v) is 3.48. The van der Waals surface area contributed by atoms with Gasteiger partial charge in [0, 0.05) is 11.8 Å². The maximum Gasteiger partial charge on any atom is 0.276 e. The maximum absolute atomic E-state index is 13.9. The average Bonchev–Trinajstić information content (AvgIpc) is 2.63. The van der Waals surface area contributed by atoms with Gasteiger partial charge in [-0.15, -0.1) is 0 Å². The van der Waals surface area contributed by atoms with Gasteiger partial charge in [0.2, 0.25) is 0 Å². The Balaban J connectivity index is 1.93. The fraction of sp³-hybridized carbons (Fsp3) is 0.0556. The Morgan fingerprint density at radius 2 is 1.92 bits per heavy atom. The summed E-state index contributed by atoms with van der Waals surface area (Å²) in [5, 5.41) is 15.7. The number of halogens is 1. The number of benzene rings is 2. The third-order valence-electron chi connectivity index (χ3n) is 3.48. The Morgan fingerprint density at radius 3 is 2.68 bits per heavy atom. The average molecular weight is 339 g/mol. The van der Waals surface area contributed by atoms with Gasteiger partial charge in [-0.25, -0.2) is 4.39 Å². The van der Waals surface area contributed by atoms with Crippen LogP contribution in [0.15, 0.2) is 65.5 Å². The fourth-order valence-corrected chi connectivity index (χ4v) is 2.27. The molecule has 1 amide bonds. The predicted molar refractivity (Wildman–Crippen MR) is 90.1 cm³/mol. The highest BCUT2D eigenvalue weighted by molar-refractivity contribution is 6.02. The van der Waals surface area contributed by atoms with Crippen molar-refractivity contribution in [3.63, 3.8) is 0 Å². The van der Waals surface area contributed by atoms with E-state index in [4.69, 9.17) is 5.11 Å². The molecule has 0 aliphatic carbocycles. The Hall–Kier alpha value is -3.32. The lowest BCUT2D eigenvalue weighted by Gasteiger charge is -2.09. The molecule has 0 unspecified atom stereocenters. The zero-order chi connectivity index (χ0) is 17.8. The van der Waals surface area contributed by atoms with Crippen molar-refractivity contribution in [2.24, 2.45) is 0 Å². The van der Waals surface area contributed by atoms with E-state index in [1.54, 1.807) is 30.3 Å². The second kappa shape index (κ2) is 7.06. The fourth-order valence-electron chi connectivity index (χ4n) is 2.27. The van der Waals surface area contributed by atoms with Gasteiger partial charge < -0.3 is 10.4 Å². The van der Waals surface area contributed by atoms with Crippen LogP contribution in [-0.2, 0) is 6.61 Å². The first kappa shape index (κ1) is 16.5. The molecule has 0 aliphatic heterocycles. The summed E-state index contributed by atoms with van der Waals surface area (Å²) in [6, 6.07) is 14.8. The number of rotatable bonds is 4. The lowest BCUT2D eigenvalue weighted by atomic mass is 10.2. The molecule has 0 saturated heterocycles. The molecule has 0 spiro atoms. The normalized spacial score (nSPS) is 10.5. The van der Waals surface area contributed by atoms with Crippen LogP contribution in [0.3, 0.4) is 0 Å². The summed E-state index contributed by atoms with van der Waals surface area (Å²) in [5.41, 5.74) is 0.481. The van der Waals surface area contributed by atoms with Crippen molar-refractivity contribution in [3.8, 4) is 5.69 Å². The van der Waals surface area contributed by atoms with Crippen LogP contribution in [0.1, 0.15) is 16.1 Å². The molecule has 0 bridgehead atoms. The molecule has 1 aromatic heterocycles. The lowest BCUT2D eigenvalue weighted by molar-refractivity contribution is 0.102. The van der Waals surface area contributed by atoms with Crippen LogP contribution in [0.4, 0.5) is 10.1 Å². The summed E-state index contributed by atoms with van der Waals surface area (Å²) in [4.78, 5) is 24.3. The Labute approximate surface area is 142 Å². The van der Waals surface area contributed by atoms with Crippen LogP contribution in [0, 0.1) is 5.82 Å². The highest BCUT2D eigenvalue weighted by atomic mass is 19.1. The molecular weight excluding hydrogens is 325 g/mol. The Morgan fingerprint density at radius 1 is 1.12 bits per heavy atom. The minimum absolute atomic E-state index is 0.0376. The molecule has 0 atom stereocenters. The van der Waals surface area contributed by atoms with Crippen molar-refractivity contribution >= 4 is 11.6 Å². The SMILES string of the molecule is O=C(Nc1cccc(CO)c1)c1ccc(=O)n(-c2ccccc2F)n1. The number of para-hydroxylation sites is 1. The van der Waals surface area contributed by atoms with Crippen LogP contribution in [0.25, 0.3) is 5.69 Å². The van der Waals surface area contributed by atoms with Gasteiger partial charge in [-0.2, -0.15) is 9.78 Å². The number of hydrogen-bond donors (Lipinski definition) is 2. The first-order valence-corrected chi connectivity index (χ1v) is 7.45. The number of nitrogens with one attached hydrogen (secondary N) is 1. The van der Waals surface area contributed by atoms with Gasteiger partial charge >= 0.3 is 0 Å². The van der Waals surface area contributed by atoms with Crippen molar-refractivity contribution < 1.29 is 14.3 Å². The van der Waals surface area contributed by atoms with E-state index in [1.807, 2.05) is 0 Å². The van der Waals surface area contributed by atoms with Crippen LogP contribution in [-0.4, -0.2) is 20.8 Å². The molecule has 2 aromatic carbocycles. The predicted octanol–water partition coefficient (Wildman–Crippen LogP) is 2.12. The van der Waals surface area contributed by atoms with Crippen molar-refractivity contribution in [1.29, 1.82) is 0 Å². The number of nitrogens with zero attached hydrogens (tertiary/aromatic N) is 2. The van der Waals surface area contributed by atoms with Crippen molar-refractivity contribution in [1.82, 2.24) is 9.78 Å². The smallest absolute Gasteiger partial charge is 0.276 e. The molecule has 7 heteroatoms. The number of aromatic nitrogens is 2. The number of aliphatic hydroxyl groups excluding tert-OH is 1. The van der Waals surface area contributed by atoms with Crippen LogP contribution in [0.2, 0.25) is 0 Å². The standard InChI is InChI=1S/C18H14FN3O3/c19-14-6-1-2-7-16(14)22-17(24)9-8-15(21-22)18(25)20-13-5-3-4-12(10-13)11-23/h1-10,23H,11H2,(H,20,25). The van der Waals surface area contributed by atoms with Crippen molar-refractivity contribution in [2.45, 2.75) is 6.61 Å². The van der Waals surface area contributed by atoms with Gasteiger partial charge in [-0.3, -0.25) is 9.59 Å². The zero-order valence-corrected chi connectivity index (χ0v) is 13.0. The van der Waals surface area contributed by atoms with E-state index < -0.39 is 17.3 Å². The Bertz CT molecular complexity index is 985. The van der Waals surface area contributed by atoms with Crippen molar-refractivity contribution in [3.05, 3.63) is 88.1 Å². The molecule has 6 nitrogen and oxygen atoms in total. The number of hydrogen-bond acceptors (Lipinski definition) is 4. The molecule has 126 valence electrons. The molecule has 0 saturated carbocycles. The van der Waals surface area contributed by atoms with Gasteiger partial charge in [-0.05, 0) is 35.9 Å². The summed E-state index contributed by atoms with van der Waals surface area (Å²) in [6.45, 7) is -0.153. The number of aliphatic hydroxyl groups is 1. The monoisotopic (exact) mass is 339 g/mol. The number of amides is 1. The van der Waals surface area contributed by atoms with Gasteiger partial charge in [0.05, 0.1) is 6.61 Å². The number of carbonyl (C=O) groups is 1. The maximum atomic E-state index is 13.9. The number of carbonyl (C=O) groups excluding carboxylic acids is 1. The molecule has 25 heavy (non-hydrogen) atoms. The van der Waals surface area contributed by atoms with E-state index in [9.17, 15) is 14.0 Å². The first-order valence-electron chi connectivity index (χ1n) is 7.45. The van der Waals surface area contributed by atoms with E-state index in [-0.39, 0.29) is 18.0 Å². The van der Waals surface area contributed by atoms with Gasteiger partial charge in [0.15, 0.2) is 0 Å². The van der Waals surface area contributed by atoms with Gasteiger partial charge in [0.25, 0.3) is 11.5 Å². The summed E-state index contributed by atoms with van der Waals surface area (Å²) in [7, 11) is 0.